The molecule has 0 saturated heterocycles. The summed E-state index contributed by atoms with van der Waals surface area (Å²) < 4.78 is 10.4. The second-order valence-electron chi connectivity index (χ2n) is 3.68. The van der Waals surface area contributed by atoms with Gasteiger partial charge in [0.15, 0.2) is 0 Å². The number of hydrogen-bond donors (Lipinski definition) is 1. The summed E-state index contributed by atoms with van der Waals surface area (Å²) in [6.07, 6.45) is 0.829. The van der Waals surface area contributed by atoms with Gasteiger partial charge >= 0.3 is 0 Å². The molecule has 1 aromatic carbocycles. The van der Waals surface area contributed by atoms with Gasteiger partial charge in [0.2, 0.25) is 0 Å². The molecule has 1 unspecified atom stereocenters. The van der Waals surface area contributed by atoms with Gasteiger partial charge in [-0.15, -0.1) is 0 Å². The molecule has 1 rings (SSSR count). The number of benzene rings is 1. The minimum absolute atomic E-state index is 0.00547. The molecule has 1 aromatic rings. The average Bonchev–Trinajstić information content (AvgIpc) is 2.39. The van der Waals surface area contributed by atoms with Gasteiger partial charge in [0.1, 0.15) is 11.5 Å². The Labute approximate surface area is 102 Å². The summed E-state index contributed by atoms with van der Waals surface area (Å²) >= 11 is 0. The van der Waals surface area contributed by atoms with Crippen molar-refractivity contribution in [3.63, 3.8) is 0 Å². The average molecular weight is 234 g/mol. The van der Waals surface area contributed by atoms with Crippen molar-refractivity contribution in [1.29, 1.82) is 5.26 Å². The summed E-state index contributed by atoms with van der Waals surface area (Å²) in [6.45, 7) is 2.61. The first-order chi connectivity index (χ1) is 8.24. The van der Waals surface area contributed by atoms with E-state index in [0.29, 0.717) is 6.54 Å². The van der Waals surface area contributed by atoms with Gasteiger partial charge in [0, 0.05) is 12.6 Å². The van der Waals surface area contributed by atoms with Crippen LogP contribution in [0.3, 0.4) is 0 Å². The smallest absolute Gasteiger partial charge is 0.142 e. The molecule has 1 N–H and O–H groups in total. The number of ether oxygens (including phenoxy) is 2. The first kappa shape index (κ1) is 13.2. The lowest BCUT2D eigenvalue weighted by Gasteiger charge is -2.14. The molecule has 92 valence electrons. The number of rotatable bonds is 6. The van der Waals surface area contributed by atoms with Crippen LogP contribution in [0.15, 0.2) is 18.2 Å². The van der Waals surface area contributed by atoms with Crippen molar-refractivity contribution in [3.8, 4) is 17.6 Å². The molecule has 0 aromatic heterocycles. The highest BCUT2D eigenvalue weighted by molar-refractivity contribution is 5.59. The zero-order valence-electron chi connectivity index (χ0n) is 10.5. The minimum atomic E-state index is 0.00547. The Morgan fingerprint density at radius 2 is 2.12 bits per heavy atom. The highest BCUT2D eigenvalue weighted by Crippen LogP contribution is 2.29. The Morgan fingerprint density at radius 1 is 1.35 bits per heavy atom. The van der Waals surface area contributed by atoms with Crippen LogP contribution >= 0.6 is 0 Å². The zero-order valence-corrected chi connectivity index (χ0v) is 10.5. The van der Waals surface area contributed by atoms with Crippen molar-refractivity contribution in [2.24, 2.45) is 5.92 Å². The van der Waals surface area contributed by atoms with Crippen LogP contribution in [0.2, 0.25) is 0 Å². The molecule has 0 heterocycles. The standard InChI is InChI=1S/C13H18N2O2/c1-4-10(8-14)9-15-12-7-11(16-2)5-6-13(12)17-3/h5-7,10,15H,4,9H2,1-3H3. The van der Waals surface area contributed by atoms with Gasteiger partial charge in [-0.1, -0.05) is 6.92 Å². The second-order valence-corrected chi connectivity index (χ2v) is 3.68. The van der Waals surface area contributed by atoms with E-state index in [4.69, 9.17) is 14.7 Å². The first-order valence-corrected chi connectivity index (χ1v) is 5.60. The zero-order chi connectivity index (χ0) is 12.7. The molecule has 0 fully saturated rings. The third-order valence-electron chi connectivity index (χ3n) is 2.62. The van der Waals surface area contributed by atoms with E-state index >= 15 is 0 Å². The molecule has 0 aliphatic carbocycles. The lowest BCUT2D eigenvalue weighted by molar-refractivity contribution is 0.404. The van der Waals surface area contributed by atoms with E-state index in [1.165, 1.54) is 0 Å². The van der Waals surface area contributed by atoms with Gasteiger partial charge in [-0.3, -0.25) is 0 Å². The molecular weight excluding hydrogens is 216 g/mol. The molecule has 0 bridgehead atoms. The number of nitriles is 1. The van der Waals surface area contributed by atoms with Gasteiger partial charge in [-0.05, 0) is 18.6 Å². The highest BCUT2D eigenvalue weighted by Gasteiger charge is 2.08. The van der Waals surface area contributed by atoms with Crippen molar-refractivity contribution in [1.82, 2.24) is 0 Å². The Kier molecular flexibility index (Phi) is 5.15. The molecule has 4 heteroatoms. The SMILES string of the molecule is CCC(C#N)CNc1cc(OC)ccc1OC. The fourth-order valence-electron chi connectivity index (χ4n) is 1.47. The van der Waals surface area contributed by atoms with Crippen LogP contribution in [0.25, 0.3) is 0 Å². The second kappa shape index (κ2) is 6.64. The number of methoxy groups -OCH3 is 2. The van der Waals surface area contributed by atoms with Crippen molar-refractivity contribution >= 4 is 5.69 Å². The quantitative estimate of drug-likeness (QED) is 0.822. The van der Waals surface area contributed by atoms with E-state index in [-0.39, 0.29) is 5.92 Å². The molecule has 0 saturated carbocycles. The molecule has 4 nitrogen and oxygen atoms in total. The van der Waals surface area contributed by atoms with Gasteiger partial charge in [-0.2, -0.15) is 5.26 Å². The molecule has 0 aliphatic heterocycles. The summed E-state index contributed by atoms with van der Waals surface area (Å²) in [7, 11) is 3.24. The number of nitrogens with zero attached hydrogens (tertiary/aromatic N) is 1. The van der Waals surface area contributed by atoms with Gasteiger partial charge in [0.05, 0.1) is 31.9 Å². The van der Waals surface area contributed by atoms with Crippen LogP contribution in [0.1, 0.15) is 13.3 Å². The lowest BCUT2D eigenvalue weighted by Crippen LogP contribution is -2.12. The van der Waals surface area contributed by atoms with Crippen LogP contribution in [-0.2, 0) is 0 Å². The van der Waals surface area contributed by atoms with E-state index in [1.807, 2.05) is 25.1 Å². The molecular formula is C13H18N2O2. The maximum absolute atomic E-state index is 8.89. The monoisotopic (exact) mass is 234 g/mol. The molecule has 17 heavy (non-hydrogen) atoms. The normalized spacial score (nSPS) is 11.4. The summed E-state index contributed by atoms with van der Waals surface area (Å²) in [4.78, 5) is 0. The summed E-state index contributed by atoms with van der Waals surface area (Å²) in [5.74, 6) is 1.52. The Hall–Kier alpha value is -1.89. The van der Waals surface area contributed by atoms with E-state index in [2.05, 4.69) is 11.4 Å². The maximum Gasteiger partial charge on any atom is 0.142 e. The Morgan fingerprint density at radius 3 is 2.65 bits per heavy atom. The molecule has 0 aliphatic rings. The van der Waals surface area contributed by atoms with E-state index in [9.17, 15) is 0 Å². The van der Waals surface area contributed by atoms with Crippen molar-refractivity contribution < 1.29 is 9.47 Å². The lowest BCUT2D eigenvalue weighted by atomic mass is 10.1. The third-order valence-corrected chi connectivity index (χ3v) is 2.62. The topological polar surface area (TPSA) is 54.3 Å². The number of hydrogen-bond acceptors (Lipinski definition) is 4. The number of anilines is 1. The Balaban J connectivity index is 2.77. The maximum atomic E-state index is 8.89. The van der Waals surface area contributed by atoms with Crippen LogP contribution in [0, 0.1) is 17.2 Å². The fourth-order valence-corrected chi connectivity index (χ4v) is 1.47. The van der Waals surface area contributed by atoms with Crippen molar-refractivity contribution in [2.45, 2.75) is 13.3 Å². The summed E-state index contributed by atoms with van der Waals surface area (Å²) in [5, 5.41) is 12.1. The molecule has 0 amide bonds. The van der Waals surface area contributed by atoms with Crippen LogP contribution in [0.5, 0.6) is 11.5 Å². The van der Waals surface area contributed by atoms with Crippen LogP contribution in [0.4, 0.5) is 5.69 Å². The van der Waals surface area contributed by atoms with E-state index in [0.717, 1.165) is 23.6 Å². The highest BCUT2D eigenvalue weighted by atomic mass is 16.5. The minimum Gasteiger partial charge on any atom is -0.497 e. The van der Waals surface area contributed by atoms with Gasteiger partial charge in [0.25, 0.3) is 0 Å². The predicted octanol–water partition coefficient (Wildman–Crippen LogP) is 2.67. The van der Waals surface area contributed by atoms with Crippen LogP contribution in [-0.4, -0.2) is 20.8 Å². The fraction of sp³-hybridized carbons (Fsp3) is 0.462. The molecule has 1 atom stereocenters. The number of nitrogens with one attached hydrogen (secondary N) is 1. The molecule has 0 spiro atoms. The third kappa shape index (κ3) is 3.56. The van der Waals surface area contributed by atoms with E-state index < -0.39 is 0 Å². The van der Waals surface area contributed by atoms with Crippen LogP contribution < -0.4 is 14.8 Å². The molecule has 0 radical (unpaired) electrons. The largest absolute Gasteiger partial charge is 0.497 e. The Bertz CT molecular complexity index is 399. The van der Waals surface area contributed by atoms with Crippen molar-refractivity contribution in [2.75, 3.05) is 26.1 Å². The summed E-state index contributed by atoms with van der Waals surface area (Å²) in [6, 6.07) is 7.80. The first-order valence-electron chi connectivity index (χ1n) is 5.60. The van der Waals surface area contributed by atoms with Gasteiger partial charge in [-0.25, -0.2) is 0 Å². The predicted molar refractivity (Wildman–Crippen MR) is 67.4 cm³/mol. The van der Waals surface area contributed by atoms with E-state index in [1.54, 1.807) is 14.2 Å². The van der Waals surface area contributed by atoms with Crippen molar-refractivity contribution in [3.05, 3.63) is 18.2 Å². The summed E-state index contributed by atoms with van der Waals surface area (Å²) in [5.41, 5.74) is 0.848. The van der Waals surface area contributed by atoms with Gasteiger partial charge < -0.3 is 14.8 Å².